The van der Waals surface area contributed by atoms with Crippen LogP contribution in [0.3, 0.4) is 0 Å². The number of ether oxygens (including phenoxy) is 3. The number of carbonyl (C=O) groups is 1. The Labute approximate surface area is 274 Å². The van der Waals surface area contributed by atoms with Crippen molar-refractivity contribution in [3.8, 4) is 17.2 Å². The van der Waals surface area contributed by atoms with Gasteiger partial charge in [0.2, 0.25) is 0 Å². The predicted molar refractivity (Wildman–Crippen MR) is 181 cm³/mol. The average Bonchev–Trinajstić information content (AvgIpc) is 2.99. The van der Waals surface area contributed by atoms with E-state index in [1.54, 1.807) is 7.11 Å². The predicted octanol–water partition coefficient (Wildman–Crippen LogP) is 7.43. The number of aliphatic hydroxyl groups excluding tert-OH is 2. The molecule has 1 aromatic rings. The molecule has 0 radical (unpaired) electrons. The first-order chi connectivity index (χ1) is 21.7. The summed E-state index contributed by atoms with van der Waals surface area (Å²) in [6.07, 6.45) is 13.7. The number of carbonyl (C=O) groups excluding carboxylic acids is 1. The topological polar surface area (TPSA) is 105 Å². The Hall–Kier alpha value is -3.13. The van der Waals surface area contributed by atoms with Crippen LogP contribution in [0.1, 0.15) is 103 Å². The number of hydrogen-bond donors (Lipinski definition) is 3. The van der Waals surface area contributed by atoms with Crippen LogP contribution in [0.4, 0.5) is 0 Å². The van der Waals surface area contributed by atoms with Gasteiger partial charge in [0, 0.05) is 36.5 Å². The molecule has 0 aromatic heterocycles. The number of phenols is 1. The zero-order valence-electron chi connectivity index (χ0n) is 29.0. The Bertz CT molecular complexity index is 1550. The van der Waals surface area contributed by atoms with E-state index >= 15 is 0 Å². The Balaban J connectivity index is 1.79. The minimum Gasteiger partial charge on any atom is -0.506 e. The second-order valence-electron chi connectivity index (χ2n) is 14.8. The van der Waals surface area contributed by atoms with E-state index in [1.807, 2.05) is 52.0 Å². The van der Waals surface area contributed by atoms with Crippen molar-refractivity contribution in [1.82, 2.24) is 0 Å². The van der Waals surface area contributed by atoms with E-state index in [0.29, 0.717) is 41.0 Å². The van der Waals surface area contributed by atoms with E-state index in [9.17, 15) is 20.1 Å². The van der Waals surface area contributed by atoms with Crippen LogP contribution in [0.25, 0.3) is 6.08 Å². The van der Waals surface area contributed by atoms with Gasteiger partial charge in [-0.1, -0.05) is 54.9 Å². The fraction of sp³-hybridized carbons (Fsp3) is 0.564. The number of allylic oxidation sites excluding steroid dienone is 4. The largest absolute Gasteiger partial charge is 0.506 e. The molecular formula is C39H52O7. The lowest BCUT2D eigenvalue weighted by Crippen LogP contribution is -2.77. The molecule has 6 atom stereocenters. The second-order valence-corrected chi connectivity index (χ2v) is 14.8. The number of hydrogen-bond acceptors (Lipinski definition) is 7. The fourth-order valence-electron chi connectivity index (χ4n) is 8.07. The highest BCUT2D eigenvalue weighted by Gasteiger charge is 2.73. The molecule has 1 spiro atoms. The summed E-state index contributed by atoms with van der Waals surface area (Å²) in [7, 11) is 1.57. The van der Waals surface area contributed by atoms with E-state index in [4.69, 9.17) is 14.2 Å². The number of Topliss-reactive ketones (excluding diaryl/α,β-unsaturated/α-hetero) is 1. The van der Waals surface area contributed by atoms with Crippen LogP contribution >= 0.6 is 0 Å². The van der Waals surface area contributed by atoms with Crippen LogP contribution in [0.15, 0.2) is 52.7 Å². The molecule has 1 aromatic carbocycles. The maximum absolute atomic E-state index is 14.9. The minimum absolute atomic E-state index is 0.0792. The quantitative estimate of drug-likeness (QED) is 0.230. The van der Waals surface area contributed by atoms with Crippen LogP contribution < -0.4 is 9.47 Å². The summed E-state index contributed by atoms with van der Waals surface area (Å²) in [5.41, 5.74) is 1.49. The van der Waals surface area contributed by atoms with Gasteiger partial charge in [-0.3, -0.25) is 4.79 Å². The van der Waals surface area contributed by atoms with Gasteiger partial charge in [0.1, 0.15) is 34.0 Å². The monoisotopic (exact) mass is 632 g/mol. The third-order valence-corrected chi connectivity index (χ3v) is 10.6. The molecule has 46 heavy (non-hydrogen) atoms. The molecule has 1 unspecified atom stereocenters. The molecular weight excluding hydrogens is 580 g/mol. The molecule has 1 saturated carbocycles. The summed E-state index contributed by atoms with van der Waals surface area (Å²) in [5.74, 6) is -0.0944. The summed E-state index contributed by atoms with van der Waals surface area (Å²) >= 11 is 0. The summed E-state index contributed by atoms with van der Waals surface area (Å²) < 4.78 is 20.5. The summed E-state index contributed by atoms with van der Waals surface area (Å²) in [6, 6.07) is 0. The van der Waals surface area contributed by atoms with Crippen molar-refractivity contribution in [2.75, 3.05) is 13.7 Å². The Morgan fingerprint density at radius 3 is 2.39 bits per heavy atom. The maximum atomic E-state index is 14.9. The minimum atomic E-state index is -1.35. The van der Waals surface area contributed by atoms with Gasteiger partial charge in [-0.15, -0.1) is 0 Å². The van der Waals surface area contributed by atoms with Crippen LogP contribution in [0.5, 0.6) is 17.2 Å². The van der Waals surface area contributed by atoms with Gasteiger partial charge in [0.05, 0.1) is 18.3 Å². The highest BCUT2D eigenvalue weighted by Crippen LogP contribution is 2.64. The molecule has 2 heterocycles. The van der Waals surface area contributed by atoms with Crippen molar-refractivity contribution in [2.24, 2.45) is 17.8 Å². The third kappa shape index (κ3) is 5.29. The van der Waals surface area contributed by atoms with Crippen molar-refractivity contribution < 1.29 is 34.3 Å². The number of methoxy groups -OCH3 is 1. The van der Waals surface area contributed by atoms with Gasteiger partial charge in [-0.25, -0.2) is 0 Å². The molecule has 5 aliphatic rings. The van der Waals surface area contributed by atoms with E-state index in [-0.39, 0.29) is 47.9 Å². The molecule has 0 saturated heterocycles. The standard InChI is InChI=1S/C39H52O7/c1-22(2)11-10-16-37(8)17-15-27-32(41)31-33(42)30-20-26-19-29(24(5)6)39(30,38(44-9,36(26)43)18-14-25(7)21-40)46-35(31)28(34(27)45-37)13-12-23(3)4/h11-12,14-15,17,20,24,26,29,36,40-41,43H,10,13,16,18-19,21H2,1-9H3/b25-14-/t26-,29-,36-,37+,38-,39?/m0/s1. The first kappa shape index (κ1) is 34.2. The number of rotatable bonds is 10. The first-order valence-electron chi connectivity index (χ1n) is 16.7. The fourth-order valence-corrected chi connectivity index (χ4v) is 8.07. The molecule has 2 aliphatic heterocycles. The smallest absolute Gasteiger partial charge is 0.200 e. The lowest BCUT2D eigenvalue weighted by molar-refractivity contribution is -0.255. The molecule has 0 amide bonds. The zero-order valence-corrected chi connectivity index (χ0v) is 29.0. The number of benzene rings is 1. The van der Waals surface area contributed by atoms with Crippen molar-refractivity contribution in [2.45, 2.75) is 110 Å². The highest BCUT2D eigenvalue weighted by atomic mass is 16.6. The number of ketones is 1. The van der Waals surface area contributed by atoms with Crippen LogP contribution in [-0.4, -0.2) is 57.7 Å². The molecule has 6 rings (SSSR count). The van der Waals surface area contributed by atoms with Gasteiger partial charge < -0.3 is 29.5 Å². The van der Waals surface area contributed by atoms with Crippen LogP contribution in [-0.2, 0) is 11.2 Å². The average molecular weight is 633 g/mol. The SMILES string of the molecule is CO[C@@]1(C/C=C(/C)CO)[C@@H](O)[C@@H]2C=C3C(=O)c4c(O)c5c(c(CC=C(C)C)c4OC31[C@H](C(C)C)C2)O[C@](C)(CCC=C(C)C)C=C5. The number of aliphatic hydroxyl groups is 2. The molecule has 250 valence electrons. The molecule has 1 fully saturated rings. The summed E-state index contributed by atoms with van der Waals surface area (Å²) in [6.45, 7) is 16.2. The Morgan fingerprint density at radius 1 is 1.09 bits per heavy atom. The lowest BCUT2D eigenvalue weighted by atomic mass is 9.48. The van der Waals surface area contributed by atoms with Gasteiger partial charge in [0.15, 0.2) is 11.4 Å². The molecule has 3 N–H and O–H groups in total. The normalized spacial score (nSPS) is 31.0. The third-order valence-electron chi connectivity index (χ3n) is 10.6. The van der Waals surface area contributed by atoms with E-state index in [1.165, 1.54) is 5.57 Å². The molecule has 2 bridgehead atoms. The number of aromatic hydroxyl groups is 1. The van der Waals surface area contributed by atoms with Gasteiger partial charge in [-0.2, -0.15) is 0 Å². The van der Waals surface area contributed by atoms with Crippen LogP contribution in [0, 0.1) is 17.8 Å². The van der Waals surface area contributed by atoms with Gasteiger partial charge in [0.25, 0.3) is 0 Å². The Kier molecular flexibility index (Phi) is 9.28. The highest BCUT2D eigenvalue weighted by molar-refractivity contribution is 6.16. The Morgan fingerprint density at radius 2 is 1.78 bits per heavy atom. The van der Waals surface area contributed by atoms with E-state index in [0.717, 1.165) is 24.0 Å². The zero-order chi connectivity index (χ0) is 33.8. The number of phenolic OH excluding ortho intramolecular Hbond substituents is 1. The van der Waals surface area contributed by atoms with Crippen molar-refractivity contribution in [1.29, 1.82) is 0 Å². The van der Waals surface area contributed by atoms with E-state index < -0.39 is 22.9 Å². The molecule has 7 heteroatoms. The summed E-state index contributed by atoms with van der Waals surface area (Å²) in [4.78, 5) is 14.9. The van der Waals surface area contributed by atoms with Crippen molar-refractivity contribution >= 4 is 11.9 Å². The second kappa shape index (κ2) is 12.5. The lowest BCUT2D eigenvalue weighted by Gasteiger charge is -2.65. The maximum Gasteiger partial charge on any atom is 0.200 e. The van der Waals surface area contributed by atoms with Crippen molar-refractivity contribution in [3.05, 3.63) is 69.4 Å². The molecule has 7 nitrogen and oxygen atoms in total. The first-order valence-corrected chi connectivity index (χ1v) is 16.7. The van der Waals surface area contributed by atoms with Gasteiger partial charge in [-0.05, 0) is 85.3 Å². The number of fused-ring (bicyclic) bond motifs is 4. The van der Waals surface area contributed by atoms with Gasteiger partial charge >= 0.3 is 0 Å². The van der Waals surface area contributed by atoms with Crippen molar-refractivity contribution in [3.63, 3.8) is 0 Å². The summed E-state index contributed by atoms with van der Waals surface area (Å²) in [5, 5.41) is 33.7. The molecule has 3 aliphatic carbocycles. The van der Waals surface area contributed by atoms with Crippen LogP contribution in [0.2, 0.25) is 0 Å². The van der Waals surface area contributed by atoms with E-state index in [2.05, 4.69) is 39.8 Å².